The van der Waals surface area contributed by atoms with Gasteiger partial charge in [-0.15, -0.1) is 0 Å². The summed E-state index contributed by atoms with van der Waals surface area (Å²) in [6.45, 7) is 3.06. The molecule has 4 heteroatoms. The van der Waals surface area contributed by atoms with Gasteiger partial charge in [0.2, 0.25) is 0 Å². The number of nitrogens with zero attached hydrogens (tertiary/aromatic N) is 1. The molecular weight excluding hydrogens is 374 g/mol. The number of hydrogen-bond donors (Lipinski definition) is 0. The van der Waals surface area contributed by atoms with Crippen LogP contribution in [-0.2, 0) is 14.4 Å². The van der Waals surface area contributed by atoms with Crippen LogP contribution in [0.15, 0.2) is 60.7 Å². The Kier molecular flexibility index (Phi) is 4.72. The smallest absolute Gasteiger partial charge is 0.184 e. The van der Waals surface area contributed by atoms with Gasteiger partial charge >= 0.3 is 0 Å². The van der Waals surface area contributed by atoms with Crippen molar-refractivity contribution in [3.8, 4) is 0 Å². The van der Waals surface area contributed by atoms with Gasteiger partial charge in [-0.05, 0) is 37.3 Å². The van der Waals surface area contributed by atoms with Crippen molar-refractivity contribution in [2.75, 3.05) is 6.61 Å². The minimum atomic E-state index is -0.247. The molecule has 2 bridgehead atoms. The Labute approximate surface area is 179 Å². The summed E-state index contributed by atoms with van der Waals surface area (Å²) in [4.78, 5) is 12.4. The average Bonchev–Trinajstić information content (AvgIpc) is 3.23. The standard InChI is InChI=1S/C26H31NO3/c1-26-20-16-22(24(26)19-12-6-3-7-13-19)25(30-27(26)28-17-20)29-23-15-9-8-14-21(23)18-10-4-2-5-11-18/h2-7,10-13,20-25H,8-9,14-17H2,1H3/t20-,21-,22-,23+,24+,25+,26+/m0/s1. The molecule has 0 unspecified atom stereocenters. The Balaban J connectivity index is 1.30. The van der Waals surface area contributed by atoms with E-state index in [-0.39, 0.29) is 17.9 Å². The number of rotatable bonds is 4. The zero-order valence-electron chi connectivity index (χ0n) is 17.7. The maximum absolute atomic E-state index is 6.83. The van der Waals surface area contributed by atoms with Crippen LogP contribution in [-0.4, -0.2) is 29.8 Å². The summed E-state index contributed by atoms with van der Waals surface area (Å²) >= 11 is 0. The first kappa shape index (κ1) is 19.0. The molecule has 4 nitrogen and oxygen atoms in total. The van der Waals surface area contributed by atoms with Gasteiger partial charge in [-0.25, -0.2) is 4.84 Å². The third kappa shape index (κ3) is 2.89. The van der Waals surface area contributed by atoms with Crippen molar-refractivity contribution >= 4 is 0 Å². The van der Waals surface area contributed by atoms with E-state index in [0.717, 1.165) is 19.4 Å². The molecule has 0 amide bonds. The largest absolute Gasteiger partial charge is 0.347 e. The summed E-state index contributed by atoms with van der Waals surface area (Å²) in [5.74, 6) is 1.66. The average molecular weight is 406 g/mol. The van der Waals surface area contributed by atoms with Crippen molar-refractivity contribution in [2.24, 2.45) is 11.8 Å². The summed E-state index contributed by atoms with van der Waals surface area (Å²) < 4.78 is 6.83. The molecule has 2 aromatic carbocycles. The monoisotopic (exact) mass is 405 g/mol. The molecule has 30 heavy (non-hydrogen) atoms. The van der Waals surface area contributed by atoms with Gasteiger partial charge in [0.25, 0.3) is 0 Å². The van der Waals surface area contributed by atoms with Crippen LogP contribution in [0.5, 0.6) is 0 Å². The second-order valence-electron chi connectivity index (χ2n) is 9.71. The first-order chi connectivity index (χ1) is 14.7. The minimum absolute atomic E-state index is 0.114. The van der Waals surface area contributed by atoms with Crippen molar-refractivity contribution in [1.29, 1.82) is 0 Å². The number of hydrogen-bond acceptors (Lipinski definition) is 4. The van der Waals surface area contributed by atoms with E-state index in [4.69, 9.17) is 14.4 Å². The van der Waals surface area contributed by atoms with E-state index < -0.39 is 0 Å². The molecule has 2 aliphatic heterocycles. The first-order valence-electron chi connectivity index (χ1n) is 11.6. The second kappa shape index (κ2) is 7.45. The number of ether oxygens (including phenoxy) is 1. The highest BCUT2D eigenvalue weighted by molar-refractivity contribution is 5.30. The third-order valence-corrected chi connectivity index (χ3v) is 8.17. The molecule has 0 aromatic heterocycles. The van der Waals surface area contributed by atoms with Crippen LogP contribution in [0.1, 0.15) is 62.0 Å². The Morgan fingerprint density at radius 3 is 2.40 bits per heavy atom. The molecule has 7 atom stereocenters. The van der Waals surface area contributed by atoms with Crippen molar-refractivity contribution in [3.05, 3.63) is 71.8 Å². The van der Waals surface area contributed by atoms with Gasteiger partial charge < -0.3 is 4.74 Å². The quantitative estimate of drug-likeness (QED) is 0.679. The van der Waals surface area contributed by atoms with Gasteiger partial charge in [0.15, 0.2) is 6.29 Å². The molecule has 0 N–H and O–H groups in total. The van der Waals surface area contributed by atoms with Crippen molar-refractivity contribution in [3.63, 3.8) is 0 Å². The zero-order valence-corrected chi connectivity index (χ0v) is 17.7. The van der Waals surface area contributed by atoms with Crippen LogP contribution >= 0.6 is 0 Å². The molecule has 0 radical (unpaired) electrons. The van der Waals surface area contributed by atoms with Crippen molar-refractivity contribution < 1.29 is 14.4 Å². The fourth-order valence-electron chi connectivity index (χ4n) is 6.66. The molecule has 4 aliphatic rings. The van der Waals surface area contributed by atoms with Crippen LogP contribution in [0, 0.1) is 11.8 Å². The fourth-order valence-corrected chi connectivity index (χ4v) is 6.66. The van der Waals surface area contributed by atoms with Gasteiger partial charge in [0.1, 0.15) is 0 Å². The number of fused-ring (bicyclic) bond motifs is 1. The SMILES string of the molecule is C[C@]12[C@@H]3CON1O[C@@H](O[C@@H]1CCCC[C@H]1c1ccccc1)[C@@H](C3)[C@H]2c1ccccc1. The predicted octanol–water partition coefficient (Wildman–Crippen LogP) is 5.43. The van der Waals surface area contributed by atoms with E-state index >= 15 is 0 Å². The Bertz CT molecular complexity index is 874. The van der Waals surface area contributed by atoms with Crippen molar-refractivity contribution in [2.45, 2.75) is 68.8 Å². The van der Waals surface area contributed by atoms with E-state index in [2.05, 4.69) is 67.6 Å². The lowest BCUT2D eigenvalue weighted by Crippen LogP contribution is -2.55. The lowest BCUT2D eigenvalue weighted by Gasteiger charge is -2.47. The normalized spacial score (nSPS) is 40.6. The summed E-state index contributed by atoms with van der Waals surface area (Å²) in [5, 5.41) is 1.81. The van der Waals surface area contributed by atoms with Crippen molar-refractivity contribution in [1.82, 2.24) is 5.23 Å². The maximum atomic E-state index is 6.83. The predicted molar refractivity (Wildman–Crippen MR) is 114 cm³/mol. The van der Waals surface area contributed by atoms with Crippen LogP contribution in [0.3, 0.4) is 0 Å². The van der Waals surface area contributed by atoms with Gasteiger partial charge in [-0.3, -0.25) is 4.84 Å². The molecule has 4 fully saturated rings. The molecular formula is C26H31NO3. The molecule has 0 spiro atoms. The van der Waals surface area contributed by atoms with E-state index in [1.165, 1.54) is 30.4 Å². The van der Waals surface area contributed by atoms with Gasteiger partial charge in [-0.2, -0.15) is 0 Å². The topological polar surface area (TPSA) is 30.9 Å². The van der Waals surface area contributed by atoms with Gasteiger partial charge in [0.05, 0.1) is 18.2 Å². The number of benzene rings is 2. The van der Waals surface area contributed by atoms with Crippen LogP contribution in [0.4, 0.5) is 0 Å². The van der Waals surface area contributed by atoms with Gasteiger partial charge in [-0.1, -0.05) is 78.7 Å². The minimum Gasteiger partial charge on any atom is -0.347 e. The molecule has 2 aromatic rings. The summed E-state index contributed by atoms with van der Waals surface area (Å²) in [6.07, 6.45) is 5.85. The number of hydroxylamine groups is 2. The third-order valence-electron chi connectivity index (χ3n) is 8.17. The maximum Gasteiger partial charge on any atom is 0.184 e. The highest BCUT2D eigenvalue weighted by Crippen LogP contribution is 2.61. The fraction of sp³-hybridized carbons (Fsp3) is 0.538. The van der Waals surface area contributed by atoms with Crippen LogP contribution in [0.25, 0.3) is 0 Å². The zero-order chi connectivity index (χ0) is 20.1. The lowest BCUT2D eigenvalue weighted by atomic mass is 9.76. The van der Waals surface area contributed by atoms with E-state index in [0.29, 0.717) is 23.7 Å². The van der Waals surface area contributed by atoms with Gasteiger partial charge in [0, 0.05) is 23.7 Å². The molecule has 2 saturated carbocycles. The molecule has 6 rings (SSSR count). The van der Waals surface area contributed by atoms with E-state index in [1.807, 2.05) is 5.23 Å². The first-order valence-corrected chi connectivity index (χ1v) is 11.6. The van der Waals surface area contributed by atoms with Crippen LogP contribution < -0.4 is 0 Å². The highest BCUT2D eigenvalue weighted by atomic mass is 17.0. The van der Waals surface area contributed by atoms with Crippen LogP contribution in [0.2, 0.25) is 0 Å². The Morgan fingerprint density at radius 2 is 1.63 bits per heavy atom. The Morgan fingerprint density at radius 1 is 0.933 bits per heavy atom. The Hall–Kier alpha value is -1.72. The summed E-state index contributed by atoms with van der Waals surface area (Å²) in [5.41, 5.74) is 2.66. The second-order valence-corrected chi connectivity index (χ2v) is 9.71. The summed E-state index contributed by atoms with van der Waals surface area (Å²) in [6, 6.07) is 21.8. The van der Waals surface area contributed by atoms with E-state index in [1.54, 1.807) is 0 Å². The molecule has 2 aliphatic carbocycles. The lowest BCUT2D eigenvalue weighted by molar-refractivity contribution is -0.460. The molecule has 2 heterocycles. The molecule has 2 saturated heterocycles. The molecule has 158 valence electrons. The van der Waals surface area contributed by atoms with E-state index in [9.17, 15) is 0 Å². The highest BCUT2D eigenvalue weighted by Gasteiger charge is 2.67. The summed E-state index contributed by atoms with van der Waals surface area (Å²) in [7, 11) is 0.